The molecular weight excluding hydrogens is 235 g/mol. The van der Waals surface area contributed by atoms with Crippen molar-refractivity contribution in [1.82, 2.24) is 10.2 Å². The molecule has 0 saturated carbocycles. The molecule has 0 saturated heterocycles. The predicted molar refractivity (Wildman–Crippen MR) is 66.8 cm³/mol. The SMILES string of the molecule is CCN(C)C(=O)CNC(=O)c1ccc(F)cc1C. The number of benzene rings is 1. The molecule has 0 radical (unpaired) electrons. The highest BCUT2D eigenvalue weighted by molar-refractivity contribution is 5.97. The maximum absolute atomic E-state index is 12.9. The van der Waals surface area contributed by atoms with Crippen molar-refractivity contribution in [2.45, 2.75) is 13.8 Å². The van der Waals surface area contributed by atoms with Gasteiger partial charge in [-0.25, -0.2) is 4.39 Å². The van der Waals surface area contributed by atoms with Gasteiger partial charge in [0.15, 0.2) is 0 Å². The lowest BCUT2D eigenvalue weighted by Gasteiger charge is -2.15. The molecule has 0 spiro atoms. The molecule has 1 aromatic carbocycles. The van der Waals surface area contributed by atoms with Gasteiger partial charge < -0.3 is 10.2 Å². The quantitative estimate of drug-likeness (QED) is 0.879. The van der Waals surface area contributed by atoms with Crippen LogP contribution in [0.15, 0.2) is 18.2 Å². The van der Waals surface area contributed by atoms with E-state index in [-0.39, 0.29) is 24.2 Å². The molecule has 1 N–H and O–H groups in total. The summed E-state index contributed by atoms with van der Waals surface area (Å²) in [5.41, 5.74) is 0.923. The van der Waals surface area contributed by atoms with Gasteiger partial charge in [0.25, 0.3) is 5.91 Å². The molecule has 4 nitrogen and oxygen atoms in total. The van der Waals surface area contributed by atoms with E-state index in [9.17, 15) is 14.0 Å². The minimum absolute atomic E-state index is 0.0556. The molecule has 0 fully saturated rings. The van der Waals surface area contributed by atoms with E-state index in [1.807, 2.05) is 6.92 Å². The summed E-state index contributed by atoms with van der Waals surface area (Å²) in [6.07, 6.45) is 0. The van der Waals surface area contributed by atoms with Crippen LogP contribution in [0.5, 0.6) is 0 Å². The maximum Gasteiger partial charge on any atom is 0.251 e. The molecule has 2 amide bonds. The molecule has 0 heterocycles. The molecule has 1 rings (SSSR count). The number of aryl methyl sites for hydroxylation is 1. The Bertz CT molecular complexity index is 460. The Labute approximate surface area is 106 Å². The normalized spacial score (nSPS) is 10.0. The molecule has 0 aromatic heterocycles. The molecule has 0 aliphatic carbocycles. The van der Waals surface area contributed by atoms with Crippen LogP contribution in [0.2, 0.25) is 0 Å². The Morgan fingerprint density at radius 2 is 2.06 bits per heavy atom. The van der Waals surface area contributed by atoms with E-state index in [4.69, 9.17) is 0 Å². The van der Waals surface area contributed by atoms with E-state index in [2.05, 4.69) is 5.32 Å². The van der Waals surface area contributed by atoms with Crippen LogP contribution >= 0.6 is 0 Å². The first-order valence-corrected chi connectivity index (χ1v) is 5.74. The van der Waals surface area contributed by atoms with Crippen LogP contribution in [-0.2, 0) is 4.79 Å². The second kappa shape index (κ2) is 6.14. The molecule has 0 aliphatic heterocycles. The minimum atomic E-state index is -0.383. The largest absolute Gasteiger partial charge is 0.345 e. The minimum Gasteiger partial charge on any atom is -0.345 e. The third-order valence-corrected chi connectivity index (χ3v) is 2.73. The van der Waals surface area contributed by atoms with Crippen molar-refractivity contribution in [2.24, 2.45) is 0 Å². The molecule has 98 valence electrons. The zero-order chi connectivity index (χ0) is 13.7. The summed E-state index contributed by atoms with van der Waals surface area (Å²) in [5.74, 6) is -0.915. The average molecular weight is 252 g/mol. The summed E-state index contributed by atoms with van der Waals surface area (Å²) in [6.45, 7) is 4.03. The highest BCUT2D eigenvalue weighted by atomic mass is 19.1. The number of carbonyl (C=O) groups is 2. The summed E-state index contributed by atoms with van der Waals surface area (Å²) < 4.78 is 12.9. The van der Waals surface area contributed by atoms with E-state index in [0.29, 0.717) is 17.7 Å². The van der Waals surface area contributed by atoms with E-state index in [1.54, 1.807) is 14.0 Å². The molecule has 0 aliphatic rings. The van der Waals surface area contributed by atoms with Gasteiger partial charge in [0, 0.05) is 19.2 Å². The summed E-state index contributed by atoms with van der Waals surface area (Å²) in [7, 11) is 1.66. The maximum atomic E-state index is 12.9. The monoisotopic (exact) mass is 252 g/mol. The molecule has 5 heteroatoms. The Hall–Kier alpha value is -1.91. The Kier molecular flexibility index (Phi) is 4.83. The highest BCUT2D eigenvalue weighted by Crippen LogP contribution is 2.09. The fourth-order valence-electron chi connectivity index (χ4n) is 1.44. The van der Waals surface area contributed by atoms with Crippen LogP contribution in [0.25, 0.3) is 0 Å². The molecule has 1 aromatic rings. The Morgan fingerprint density at radius 1 is 1.39 bits per heavy atom. The van der Waals surface area contributed by atoms with Crippen molar-refractivity contribution in [3.8, 4) is 0 Å². The number of amides is 2. The van der Waals surface area contributed by atoms with Crippen molar-refractivity contribution >= 4 is 11.8 Å². The standard InChI is InChI=1S/C13H17FN2O2/c1-4-16(3)12(17)8-15-13(18)11-6-5-10(14)7-9(11)2/h5-7H,4,8H2,1-3H3,(H,15,18). The molecule has 18 heavy (non-hydrogen) atoms. The number of hydrogen-bond acceptors (Lipinski definition) is 2. The second-order valence-corrected chi connectivity index (χ2v) is 4.05. The van der Waals surface area contributed by atoms with Crippen LogP contribution in [0, 0.1) is 12.7 Å². The first-order valence-electron chi connectivity index (χ1n) is 5.74. The van der Waals surface area contributed by atoms with Gasteiger partial charge in [-0.3, -0.25) is 9.59 Å². The van der Waals surface area contributed by atoms with Crippen LogP contribution in [0.4, 0.5) is 4.39 Å². The first kappa shape index (κ1) is 14.2. The number of likely N-dealkylation sites (N-methyl/N-ethyl adjacent to an activating group) is 1. The van der Waals surface area contributed by atoms with Gasteiger partial charge >= 0.3 is 0 Å². The first-order chi connectivity index (χ1) is 8.45. The number of halogens is 1. The highest BCUT2D eigenvalue weighted by Gasteiger charge is 2.12. The van der Waals surface area contributed by atoms with Crippen molar-refractivity contribution in [2.75, 3.05) is 20.1 Å². The smallest absolute Gasteiger partial charge is 0.251 e. The van der Waals surface area contributed by atoms with E-state index in [1.165, 1.54) is 23.1 Å². The van der Waals surface area contributed by atoms with E-state index >= 15 is 0 Å². The van der Waals surface area contributed by atoms with Gasteiger partial charge in [-0.1, -0.05) is 0 Å². The number of hydrogen-bond donors (Lipinski definition) is 1. The zero-order valence-corrected chi connectivity index (χ0v) is 10.8. The fraction of sp³-hybridized carbons (Fsp3) is 0.385. The lowest BCUT2D eigenvalue weighted by molar-refractivity contribution is -0.128. The fourth-order valence-corrected chi connectivity index (χ4v) is 1.44. The van der Waals surface area contributed by atoms with Crippen molar-refractivity contribution in [1.29, 1.82) is 0 Å². The Balaban J connectivity index is 2.63. The molecule has 0 bridgehead atoms. The zero-order valence-electron chi connectivity index (χ0n) is 10.8. The predicted octanol–water partition coefficient (Wildman–Crippen LogP) is 1.34. The number of rotatable bonds is 4. The van der Waals surface area contributed by atoms with Crippen LogP contribution in [0.3, 0.4) is 0 Å². The van der Waals surface area contributed by atoms with Crippen molar-refractivity contribution in [3.05, 3.63) is 35.1 Å². The molecule has 0 unspecified atom stereocenters. The van der Waals surface area contributed by atoms with Crippen molar-refractivity contribution in [3.63, 3.8) is 0 Å². The van der Waals surface area contributed by atoms with E-state index in [0.717, 1.165) is 0 Å². The van der Waals surface area contributed by atoms with Crippen molar-refractivity contribution < 1.29 is 14.0 Å². The Morgan fingerprint density at radius 3 is 2.61 bits per heavy atom. The van der Waals surface area contributed by atoms with Gasteiger partial charge in [-0.2, -0.15) is 0 Å². The van der Waals surface area contributed by atoms with E-state index < -0.39 is 0 Å². The third-order valence-electron chi connectivity index (χ3n) is 2.73. The lowest BCUT2D eigenvalue weighted by Crippen LogP contribution is -2.38. The van der Waals surface area contributed by atoms with Crippen LogP contribution < -0.4 is 5.32 Å². The number of nitrogens with one attached hydrogen (secondary N) is 1. The number of carbonyl (C=O) groups excluding carboxylic acids is 2. The summed E-state index contributed by atoms with van der Waals surface area (Å²) >= 11 is 0. The van der Waals surface area contributed by atoms with Crippen LogP contribution in [-0.4, -0.2) is 36.9 Å². The van der Waals surface area contributed by atoms with Crippen LogP contribution in [0.1, 0.15) is 22.8 Å². The lowest BCUT2D eigenvalue weighted by atomic mass is 10.1. The van der Waals surface area contributed by atoms with Gasteiger partial charge in [0.1, 0.15) is 5.82 Å². The van der Waals surface area contributed by atoms with Gasteiger partial charge in [-0.15, -0.1) is 0 Å². The molecular formula is C13H17FN2O2. The second-order valence-electron chi connectivity index (χ2n) is 4.05. The van der Waals surface area contributed by atoms with Gasteiger partial charge in [-0.05, 0) is 37.6 Å². The molecule has 0 atom stereocenters. The summed E-state index contributed by atoms with van der Waals surface area (Å²) in [6, 6.07) is 3.92. The third kappa shape index (κ3) is 3.55. The van der Waals surface area contributed by atoms with Gasteiger partial charge in [0.2, 0.25) is 5.91 Å². The van der Waals surface area contributed by atoms with Gasteiger partial charge in [0.05, 0.1) is 6.54 Å². The number of nitrogens with zero attached hydrogens (tertiary/aromatic N) is 1. The summed E-state index contributed by atoms with van der Waals surface area (Å²) in [4.78, 5) is 24.8. The summed E-state index contributed by atoms with van der Waals surface area (Å²) in [5, 5.41) is 2.52. The topological polar surface area (TPSA) is 49.4 Å². The average Bonchev–Trinajstić information content (AvgIpc) is 2.34.